The van der Waals surface area contributed by atoms with Gasteiger partial charge in [-0.25, -0.2) is 5.43 Å². The minimum atomic E-state index is -0.377. The van der Waals surface area contributed by atoms with Crippen LogP contribution in [0.25, 0.3) is 11.3 Å². The number of rotatable bonds is 4. The first-order valence-corrected chi connectivity index (χ1v) is 8.90. The van der Waals surface area contributed by atoms with Crippen molar-refractivity contribution in [3.05, 3.63) is 72.0 Å². The van der Waals surface area contributed by atoms with Crippen LogP contribution in [0.15, 0.2) is 70.3 Å². The molecule has 140 valence electrons. The molecule has 2 N–H and O–H groups in total. The molecule has 0 fully saturated rings. The average molecular weight is 374 g/mol. The molecule has 7 heteroatoms. The number of nitrogens with zero attached hydrogens (tertiary/aromatic N) is 2. The maximum atomic E-state index is 12.4. The first kappa shape index (κ1) is 17.7. The highest BCUT2D eigenvalue weighted by atomic mass is 16.5. The largest absolute Gasteiger partial charge is 0.350 e. The Kier molecular flexibility index (Phi) is 4.72. The van der Waals surface area contributed by atoms with E-state index in [1.807, 2.05) is 49.4 Å². The highest BCUT2D eigenvalue weighted by Gasteiger charge is 2.21. The monoisotopic (exact) mass is 374 g/mol. The lowest BCUT2D eigenvalue weighted by Crippen LogP contribution is -2.31. The molecule has 28 heavy (non-hydrogen) atoms. The van der Waals surface area contributed by atoms with Crippen molar-refractivity contribution >= 4 is 23.2 Å². The summed E-state index contributed by atoms with van der Waals surface area (Å²) in [6, 6.07) is 18.4. The first-order chi connectivity index (χ1) is 13.6. The molecule has 0 saturated carbocycles. The van der Waals surface area contributed by atoms with Crippen LogP contribution in [-0.4, -0.2) is 22.7 Å². The number of hydrogen-bond acceptors (Lipinski definition) is 5. The number of carbonyl (C=O) groups excluding carboxylic acids is 2. The summed E-state index contributed by atoms with van der Waals surface area (Å²) in [5.41, 5.74) is 6.33. The van der Waals surface area contributed by atoms with Crippen molar-refractivity contribution in [2.24, 2.45) is 11.0 Å². The molecule has 7 nitrogen and oxygen atoms in total. The molecule has 2 amide bonds. The summed E-state index contributed by atoms with van der Waals surface area (Å²) >= 11 is 0. The Labute approximate surface area is 161 Å². The van der Waals surface area contributed by atoms with Crippen LogP contribution in [0, 0.1) is 5.92 Å². The van der Waals surface area contributed by atoms with E-state index in [9.17, 15) is 9.59 Å². The Morgan fingerprint density at radius 2 is 1.86 bits per heavy atom. The summed E-state index contributed by atoms with van der Waals surface area (Å²) in [5.74, 6) is -0.282. The fraction of sp³-hybridized carbons (Fsp3) is 0.143. The number of hydrogen-bond donors (Lipinski definition) is 2. The van der Waals surface area contributed by atoms with Crippen LogP contribution < -0.4 is 10.7 Å². The van der Waals surface area contributed by atoms with Gasteiger partial charge in [0.15, 0.2) is 0 Å². The van der Waals surface area contributed by atoms with Crippen molar-refractivity contribution in [2.45, 2.75) is 13.3 Å². The molecule has 4 rings (SSSR count). The van der Waals surface area contributed by atoms with Crippen molar-refractivity contribution in [3.63, 3.8) is 0 Å². The predicted octanol–water partition coefficient (Wildman–Crippen LogP) is 3.45. The molecule has 3 aromatic rings. The summed E-state index contributed by atoms with van der Waals surface area (Å²) in [6.07, 6.45) is 0.409. The Bertz CT molecular complexity index is 1040. The topological polar surface area (TPSA) is 96.6 Å². The van der Waals surface area contributed by atoms with Gasteiger partial charge in [0.2, 0.25) is 11.7 Å². The molecule has 1 unspecified atom stereocenters. The van der Waals surface area contributed by atoms with Gasteiger partial charge in [-0.05, 0) is 17.7 Å². The van der Waals surface area contributed by atoms with Gasteiger partial charge in [-0.3, -0.25) is 9.59 Å². The molecule has 1 aromatic heterocycles. The third-order valence-electron chi connectivity index (χ3n) is 4.50. The summed E-state index contributed by atoms with van der Waals surface area (Å²) < 4.78 is 5.17. The molecule has 1 aliphatic heterocycles. The SMILES string of the molecule is CC1CC(=O)NN=C1c1ccc(NC(=O)c2cc(-c3ccccc3)no2)cc1. The minimum absolute atomic E-state index is 0.0415. The van der Waals surface area contributed by atoms with Crippen LogP contribution in [0.5, 0.6) is 0 Å². The average Bonchev–Trinajstić information content (AvgIpc) is 3.20. The molecule has 2 heterocycles. The van der Waals surface area contributed by atoms with Crippen molar-refractivity contribution < 1.29 is 14.1 Å². The van der Waals surface area contributed by atoms with Crippen molar-refractivity contribution in [3.8, 4) is 11.3 Å². The molecule has 1 atom stereocenters. The Morgan fingerprint density at radius 3 is 2.57 bits per heavy atom. The standard InChI is InChI=1S/C21H18N4O3/c1-13-11-19(26)23-24-20(13)15-7-9-16(10-8-15)22-21(27)18-12-17(25-28-18)14-5-3-2-4-6-14/h2-10,12-13H,11H2,1H3,(H,22,27)(H,23,26). The quantitative estimate of drug-likeness (QED) is 0.731. The van der Waals surface area contributed by atoms with E-state index in [1.165, 1.54) is 0 Å². The van der Waals surface area contributed by atoms with E-state index in [1.54, 1.807) is 18.2 Å². The number of aromatic nitrogens is 1. The zero-order valence-corrected chi connectivity index (χ0v) is 15.2. The number of benzene rings is 2. The van der Waals surface area contributed by atoms with Crippen LogP contribution >= 0.6 is 0 Å². The van der Waals surface area contributed by atoms with Gasteiger partial charge >= 0.3 is 0 Å². The van der Waals surface area contributed by atoms with E-state index in [2.05, 4.69) is 21.0 Å². The highest BCUT2D eigenvalue weighted by molar-refractivity contribution is 6.06. The third kappa shape index (κ3) is 3.68. The van der Waals surface area contributed by atoms with Gasteiger partial charge in [0.1, 0.15) is 5.69 Å². The lowest BCUT2D eigenvalue weighted by molar-refractivity contribution is -0.121. The van der Waals surface area contributed by atoms with Crippen LogP contribution in [0.4, 0.5) is 5.69 Å². The maximum Gasteiger partial charge on any atom is 0.294 e. The fourth-order valence-electron chi connectivity index (χ4n) is 3.05. The molecular formula is C21H18N4O3. The molecule has 0 bridgehead atoms. The zero-order chi connectivity index (χ0) is 19.5. The van der Waals surface area contributed by atoms with Gasteiger partial charge in [0.25, 0.3) is 5.91 Å². The molecule has 0 saturated heterocycles. The molecular weight excluding hydrogens is 356 g/mol. The molecule has 1 aliphatic rings. The van der Waals surface area contributed by atoms with Gasteiger partial charge in [-0.15, -0.1) is 0 Å². The van der Waals surface area contributed by atoms with Crippen LogP contribution in [0.1, 0.15) is 29.5 Å². The van der Waals surface area contributed by atoms with Crippen LogP contribution in [0.3, 0.4) is 0 Å². The third-order valence-corrected chi connectivity index (χ3v) is 4.50. The number of anilines is 1. The van der Waals surface area contributed by atoms with Crippen LogP contribution in [0.2, 0.25) is 0 Å². The smallest absolute Gasteiger partial charge is 0.294 e. The lowest BCUT2D eigenvalue weighted by Gasteiger charge is -2.19. The minimum Gasteiger partial charge on any atom is -0.350 e. The zero-order valence-electron chi connectivity index (χ0n) is 15.2. The van der Waals surface area contributed by atoms with Gasteiger partial charge in [-0.2, -0.15) is 5.10 Å². The Morgan fingerprint density at radius 1 is 1.11 bits per heavy atom. The Hall–Kier alpha value is -3.74. The summed E-state index contributed by atoms with van der Waals surface area (Å²) in [6.45, 7) is 1.96. The van der Waals surface area contributed by atoms with E-state index < -0.39 is 0 Å². The van der Waals surface area contributed by atoms with E-state index in [4.69, 9.17) is 4.52 Å². The maximum absolute atomic E-state index is 12.4. The number of hydrazone groups is 1. The molecule has 0 aliphatic carbocycles. The number of nitrogens with one attached hydrogen (secondary N) is 2. The molecule has 0 radical (unpaired) electrons. The predicted molar refractivity (Wildman–Crippen MR) is 105 cm³/mol. The van der Waals surface area contributed by atoms with Crippen LogP contribution in [-0.2, 0) is 4.79 Å². The fourth-order valence-corrected chi connectivity index (χ4v) is 3.05. The first-order valence-electron chi connectivity index (χ1n) is 8.90. The second kappa shape index (κ2) is 7.48. The number of amides is 2. The van der Waals surface area contributed by atoms with E-state index in [-0.39, 0.29) is 23.5 Å². The van der Waals surface area contributed by atoms with Gasteiger partial charge in [-0.1, -0.05) is 54.5 Å². The summed E-state index contributed by atoms with van der Waals surface area (Å²) in [4.78, 5) is 23.8. The molecule has 0 spiro atoms. The Balaban J connectivity index is 1.45. The highest BCUT2D eigenvalue weighted by Crippen LogP contribution is 2.21. The van der Waals surface area contributed by atoms with Crippen molar-refractivity contribution in [2.75, 3.05) is 5.32 Å². The van der Waals surface area contributed by atoms with Crippen molar-refractivity contribution in [1.29, 1.82) is 0 Å². The number of carbonyl (C=O) groups is 2. The van der Waals surface area contributed by atoms with E-state index >= 15 is 0 Å². The van der Waals surface area contributed by atoms with E-state index in [0.717, 1.165) is 16.8 Å². The second-order valence-electron chi connectivity index (χ2n) is 6.61. The summed E-state index contributed by atoms with van der Waals surface area (Å²) in [7, 11) is 0. The van der Waals surface area contributed by atoms with Crippen molar-refractivity contribution in [1.82, 2.24) is 10.6 Å². The normalized spacial score (nSPS) is 16.2. The van der Waals surface area contributed by atoms with Gasteiger partial charge in [0.05, 0.1) is 5.71 Å². The van der Waals surface area contributed by atoms with E-state index in [0.29, 0.717) is 17.8 Å². The lowest BCUT2D eigenvalue weighted by atomic mass is 9.94. The van der Waals surface area contributed by atoms with Gasteiger partial charge < -0.3 is 9.84 Å². The summed E-state index contributed by atoms with van der Waals surface area (Å²) in [5, 5.41) is 10.9. The molecule has 2 aromatic carbocycles. The van der Waals surface area contributed by atoms with Gasteiger partial charge in [0, 0.05) is 29.7 Å². The second-order valence-corrected chi connectivity index (χ2v) is 6.61.